The fourth-order valence-corrected chi connectivity index (χ4v) is 2.43. The molecule has 2 N–H and O–H groups in total. The van der Waals surface area contributed by atoms with Crippen molar-refractivity contribution in [1.82, 2.24) is 0 Å². The van der Waals surface area contributed by atoms with Crippen molar-refractivity contribution < 1.29 is 5.11 Å². The molecule has 0 bridgehead atoms. The van der Waals surface area contributed by atoms with E-state index in [1.165, 1.54) is 0 Å². The lowest BCUT2D eigenvalue weighted by molar-refractivity contribution is 0.465. The monoisotopic (exact) mass is 325 g/mol. The zero-order chi connectivity index (χ0) is 13.1. The quantitative estimate of drug-likeness (QED) is 0.854. The van der Waals surface area contributed by atoms with Crippen molar-refractivity contribution in [2.24, 2.45) is 0 Å². The second-order valence-corrected chi connectivity index (χ2v) is 5.38. The van der Waals surface area contributed by atoms with E-state index in [1.54, 1.807) is 0 Å². The summed E-state index contributed by atoms with van der Waals surface area (Å²) in [6, 6.07) is 11.4. The first kappa shape index (κ1) is 13.2. The van der Waals surface area contributed by atoms with Gasteiger partial charge in [-0.3, -0.25) is 0 Å². The molecule has 94 valence electrons. The second kappa shape index (κ2) is 5.63. The van der Waals surface area contributed by atoms with Crippen molar-refractivity contribution >= 4 is 33.2 Å². The Morgan fingerprint density at radius 2 is 2.06 bits per heavy atom. The highest BCUT2D eigenvalue weighted by molar-refractivity contribution is 9.10. The minimum Gasteiger partial charge on any atom is -0.507 e. The summed E-state index contributed by atoms with van der Waals surface area (Å²) in [5.41, 5.74) is 2.57. The molecule has 0 saturated carbocycles. The first-order valence-electron chi connectivity index (χ1n) is 5.54. The second-order valence-electron chi connectivity index (χ2n) is 4.06. The molecule has 0 amide bonds. The maximum absolute atomic E-state index is 9.91. The molecule has 4 heteroatoms. The number of hydrogen-bond donors (Lipinski definition) is 2. The van der Waals surface area contributed by atoms with Crippen LogP contribution in [0.5, 0.6) is 5.75 Å². The van der Waals surface area contributed by atoms with Crippen LogP contribution in [-0.2, 0) is 6.54 Å². The summed E-state index contributed by atoms with van der Waals surface area (Å²) in [7, 11) is 0. The lowest BCUT2D eigenvalue weighted by Gasteiger charge is -2.11. The van der Waals surface area contributed by atoms with Gasteiger partial charge in [0.15, 0.2) is 0 Å². The van der Waals surface area contributed by atoms with Gasteiger partial charge in [0.05, 0.1) is 10.7 Å². The summed E-state index contributed by atoms with van der Waals surface area (Å²) in [6.45, 7) is 2.42. The normalized spacial score (nSPS) is 10.4. The molecule has 0 saturated heterocycles. The maximum Gasteiger partial charge on any atom is 0.123 e. The van der Waals surface area contributed by atoms with Crippen LogP contribution in [0.1, 0.15) is 11.1 Å². The maximum atomic E-state index is 9.91. The van der Waals surface area contributed by atoms with E-state index >= 15 is 0 Å². The highest BCUT2D eigenvalue weighted by atomic mass is 79.9. The van der Waals surface area contributed by atoms with E-state index in [0.717, 1.165) is 21.3 Å². The highest BCUT2D eigenvalue weighted by Crippen LogP contribution is 2.27. The molecule has 2 aromatic carbocycles. The number of halogens is 2. The van der Waals surface area contributed by atoms with Crippen molar-refractivity contribution in [3.05, 3.63) is 57.0 Å². The Labute approximate surface area is 120 Å². The van der Waals surface area contributed by atoms with E-state index in [-0.39, 0.29) is 0 Å². The van der Waals surface area contributed by atoms with Gasteiger partial charge in [0.1, 0.15) is 5.75 Å². The first-order chi connectivity index (χ1) is 8.58. The van der Waals surface area contributed by atoms with Gasteiger partial charge < -0.3 is 10.4 Å². The van der Waals surface area contributed by atoms with Crippen LogP contribution in [0.25, 0.3) is 0 Å². The molecule has 0 aliphatic heterocycles. The molecule has 0 aliphatic carbocycles. The molecule has 0 heterocycles. The average Bonchev–Trinajstić information content (AvgIpc) is 2.33. The Bertz CT molecular complexity index is 572. The SMILES string of the molecule is Cc1cccc(CNc2ccc(Br)cc2Cl)c1O. The van der Waals surface area contributed by atoms with Gasteiger partial charge in [-0.1, -0.05) is 45.7 Å². The van der Waals surface area contributed by atoms with E-state index in [9.17, 15) is 5.11 Å². The van der Waals surface area contributed by atoms with E-state index in [2.05, 4.69) is 21.2 Å². The van der Waals surface area contributed by atoms with Crippen LogP contribution >= 0.6 is 27.5 Å². The molecular weight excluding hydrogens is 314 g/mol. The minimum atomic E-state index is 0.332. The van der Waals surface area contributed by atoms with Crippen molar-refractivity contribution in [3.63, 3.8) is 0 Å². The Kier molecular flexibility index (Phi) is 4.15. The zero-order valence-corrected chi connectivity index (χ0v) is 12.2. The average molecular weight is 327 g/mol. The molecule has 18 heavy (non-hydrogen) atoms. The third-order valence-electron chi connectivity index (χ3n) is 2.72. The van der Waals surface area contributed by atoms with Gasteiger partial charge in [-0.25, -0.2) is 0 Å². The molecule has 0 fully saturated rings. The summed E-state index contributed by atoms with van der Waals surface area (Å²) in [4.78, 5) is 0. The summed E-state index contributed by atoms with van der Waals surface area (Å²) in [5, 5.41) is 13.8. The standard InChI is InChI=1S/C14H13BrClNO/c1-9-3-2-4-10(14(9)18)8-17-13-6-5-11(15)7-12(13)16/h2-7,17-18H,8H2,1H3. The van der Waals surface area contributed by atoms with Crippen molar-refractivity contribution in [3.8, 4) is 5.75 Å². The van der Waals surface area contributed by atoms with E-state index in [1.807, 2.05) is 43.3 Å². The molecule has 0 atom stereocenters. The molecule has 2 nitrogen and oxygen atoms in total. The molecule has 2 rings (SSSR count). The Hall–Kier alpha value is -1.19. The number of hydrogen-bond acceptors (Lipinski definition) is 2. The molecule has 0 aromatic heterocycles. The van der Waals surface area contributed by atoms with Crippen LogP contribution in [0.15, 0.2) is 40.9 Å². The lowest BCUT2D eigenvalue weighted by Crippen LogP contribution is -2.00. The number of benzene rings is 2. The Morgan fingerprint density at radius 3 is 2.78 bits per heavy atom. The van der Waals surface area contributed by atoms with Gasteiger partial charge in [-0.15, -0.1) is 0 Å². The number of anilines is 1. The van der Waals surface area contributed by atoms with Gasteiger partial charge in [0.25, 0.3) is 0 Å². The number of para-hydroxylation sites is 1. The van der Waals surface area contributed by atoms with Gasteiger partial charge in [0, 0.05) is 16.6 Å². The summed E-state index contributed by atoms with van der Waals surface area (Å²) in [5.74, 6) is 0.332. The lowest BCUT2D eigenvalue weighted by atomic mass is 10.1. The Balaban J connectivity index is 2.14. The number of rotatable bonds is 3. The molecular formula is C14H13BrClNO. The summed E-state index contributed by atoms with van der Waals surface area (Å²) < 4.78 is 0.941. The van der Waals surface area contributed by atoms with Gasteiger partial charge in [-0.05, 0) is 30.7 Å². The van der Waals surface area contributed by atoms with E-state index < -0.39 is 0 Å². The van der Waals surface area contributed by atoms with Crippen LogP contribution in [0.3, 0.4) is 0 Å². The molecule has 0 unspecified atom stereocenters. The number of phenolic OH excluding ortho intramolecular Hbond substituents is 1. The minimum absolute atomic E-state index is 0.332. The highest BCUT2D eigenvalue weighted by Gasteiger charge is 2.05. The number of aromatic hydroxyl groups is 1. The Morgan fingerprint density at radius 1 is 1.28 bits per heavy atom. The number of phenols is 1. The molecule has 0 spiro atoms. The largest absolute Gasteiger partial charge is 0.507 e. The molecule has 0 aliphatic rings. The van der Waals surface area contributed by atoms with Gasteiger partial charge >= 0.3 is 0 Å². The van der Waals surface area contributed by atoms with Crippen LogP contribution in [0, 0.1) is 6.92 Å². The van der Waals surface area contributed by atoms with Crippen LogP contribution in [0.2, 0.25) is 5.02 Å². The van der Waals surface area contributed by atoms with Gasteiger partial charge in [-0.2, -0.15) is 0 Å². The van der Waals surface area contributed by atoms with E-state index in [4.69, 9.17) is 11.6 Å². The third-order valence-corrected chi connectivity index (χ3v) is 3.53. The van der Waals surface area contributed by atoms with E-state index in [0.29, 0.717) is 17.3 Å². The number of aryl methyl sites for hydroxylation is 1. The summed E-state index contributed by atoms with van der Waals surface area (Å²) in [6.07, 6.45) is 0. The fourth-order valence-electron chi connectivity index (χ4n) is 1.69. The van der Waals surface area contributed by atoms with Crippen molar-refractivity contribution in [2.75, 3.05) is 5.32 Å². The predicted octanol–water partition coefficient (Wildman–Crippen LogP) is 4.73. The van der Waals surface area contributed by atoms with Crippen molar-refractivity contribution in [2.45, 2.75) is 13.5 Å². The molecule has 2 aromatic rings. The predicted molar refractivity (Wildman–Crippen MR) is 79.3 cm³/mol. The smallest absolute Gasteiger partial charge is 0.123 e. The third kappa shape index (κ3) is 2.98. The molecule has 0 radical (unpaired) electrons. The topological polar surface area (TPSA) is 32.3 Å². The zero-order valence-electron chi connectivity index (χ0n) is 9.87. The summed E-state index contributed by atoms with van der Waals surface area (Å²) >= 11 is 9.47. The fraction of sp³-hybridized carbons (Fsp3) is 0.143. The van der Waals surface area contributed by atoms with Crippen molar-refractivity contribution in [1.29, 1.82) is 0 Å². The van der Waals surface area contributed by atoms with Crippen LogP contribution in [0.4, 0.5) is 5.69 Å². The number of nitrogens with one attached hydrogen (secondary N) is 1. The first-order valence-corrected chi connectivity index (χ1v) is 6.71. The van der Waals surface area contributed by atoms with Crippen LogP contribution < -0.4 is 5.32 Å². The van der Waals surface area contributed by atoms with Crippen LogP contribution in [-0.4, -0.2) is 5.11 Å². The van der Waals surface area contributed by atoms with Gasteiger partial charge in [0.2, 0.25) is 0 Å².